The van der Waals surface area contributed by atoms with Crippen LogP contribution in [0, 0.1) is 11.2 Å². The van der Waals surface area contributed by atoms with Crippen molar-refractivity contribution in [3.05, 3.63) is 35.6 Å². The van der Waals surface area contributed by atoms with Gasteiger partial charge in [0.25, 0.3) is 0 Å². The lowest BCUT2D eigenvalue weighted by atomic mass is 10.00. The van der Waals surface area contributed by atoms with Gasteiger partial charge in [0.2, 0.25) is 0 Å². The second kappa shape index (κ2) is 4.82. The predicted molar refractivity (Wildman–Crippen MR) is 69.5 cm³/mol. The third-order valence-electron chi connectivity index (χ3n) is 3.91. The molecule has 1 fully saturated rings. The molecule has 0 radical (unpaired) electrons. The monoisotopic (exact) mass is 302 g/mol. The van der Waals surface area contributed by atoms with E-state index in [1.165, 1.54) is 25.1 Å². The molecule has 2 rings (SSSR count). The van der Waals surface area contributed by atoms with Crippen LogP contribution in [0.2, 0.25) is 0 Å². The van der Waals surface area contributed by atoms with Crippen LogP contribution in [-0.2, 0) is 14.6 Å². The van der Waals surface area contributed by atoms with Crippen LogP contribution < -0.4 is 0 Å². The number of hydrogen-bond donors (Lipinski definition) is 2. The molecule has 0 amide bonds. The van der Waals surface area contributed by atoms with Crippen LogP contribution >= 0.6 is 0 Å². The summed E-state index contributed by atoms with van der Waals surface area (Å²) in [4.78, 5) is 11.4. The van der Waals surface area contributed by atoms with E-state index in [0.717, 1.165) is 6.07 Å². The first-order valence-electron chi connectivity index (χ1n) is 6.12. The Bertz CT molecular complexity index is 642. The van der Waals surface area contributed by atoms with E-state index >= 15 is 0 Å². The molecule has 2 N–H and O–H groups in total. The second-order valence-electron chi connectivity index (χ2n) is 4.91. The number of aliphatic hydroxyl groups is 1. The lowest BCUT2D eigenvalue weighted by Crippen LogP contribution is -2.28. The number of halogens is 1. The first-order chi connectivity index (χ1) is 9.31. The highest BCUT2D eigenvalue weighted by molar-refractivity contribution is 7.92. The van der Waals surface area contributed by atoms with Gasteiger partial charge in [-0.3, -0.25) is 4.79 Å². The molecule has 1 aliphatic carbocycles. The van der Waals surface area contributed by atoms with Gasteiger partial charge in [-0.2, -0.15) is 0 Å². The highest BCUT2D eigenvalue weighted by Crippen LogP contribution is 2.63. The highest BCUT2D eigenvalue weighted by Gasteiger charge is 2.75. The van der Waals surface area contributed by atoms with Crippen molar-refractivity contribution in [2.75, 3.05) is 12.4 Å². The summed E-state index contributed by atoms with van der Waals surface area (Å²) in [5.74, 6) is -3.10. The van der Waals surface area contributed by atoms with E-state index in [2.05, 4.69) is 0 Å². The van der Waals surface area contributed by atoms with Gasteiger partial charge in [-0.1, -0.05) is 19.1 Å². The van der Waals surface area contributed by atoms with E-state index in [-0.39, 0.29) is 11.3 Å². The molecule has 5 nitrogen and oxygen atoms in total. The van der Waals surface area contributed by atoms with Crippen LogP contribution in [0.5, 0.6) is 0 Å². The second-order valence-corrected chi connectivity index (χ2v) is 7.32. The van der Waals surface area contributed by atoms with Gasteiger partial charge in [0.15, 0.2) is 9.84 Å². The molecule has 7 heteroatoms. The van der Waals surface area contributed by atoms with Crippen LogP contribution in [-0.4, -0.2) is 42.2 Å². The molecule has 1 aromatic rings. The number of benzene rings is 1. The van der Waals surface area contributed by atoms with E-state index < -0.39 is 44.8 Å². The van der Waals surface area contributed by atoms with Gasteiger partial charge in [0.05, 0.1) is 11.9 Å². The third kappa shape index (κ3) is 2.01. The minimum absolute atomic E-state index is 0.224. The first-order valence-corrected chi connectivity index (χ1v) is 7.84. The molecule has 0 spiro atoms. The van der Waals surface area contributed by atoms with Crippen LogP contribution in [0.4, 0.5) is 4.39 Å². The fraction of sp³-hybridized carbons (Fsp3) is 0.462. The normalized spacial score (nSPS) is 29.1. The quantitative estimate of drug-likeness (QED) is 0.839. The predicted octanol–water partition coefficient (Wildman–Crippen LogP) is 0.790. The van der Waals surface area contributed by atoms with Gasteiger partial charge in [-0.25, -0.2) is 12.8 Å². The van der Waals surface area contributed by atoms with Crippen molar-refractivity contribution in [1.82, 2.24) is 0 Å². The summed E-state index contributed by atoms with van der Waals surface area (Å²) in [6.07, 6.45) is 0. The maximum atomic E-state index is 13.3. The molecular formula is C13H15FO5S. The fourth-order valence-electron chi connectivity index (χ4n) is 2.79. The van der Waals surface area contributed by atoms with Crippen molar-refractivity contribution in [2.45, 2.75) is 18.1 Å². The van der Waals surface area contributed by atoms with Crippen LogP contribution in [0.1, 0.15) is 18.4 Å². The van der Waals surface area contributed by atoms with Gasteiger partial charge < -0.3 is 10.2 Å². The standard InChI is InChI=1S/C13H15FO5S/c1-2-20(18,19)11-10(13(11,7-15)12(16)17)8-4-3-5-9(14)6-8/h3-6,10-11,15H,2,7H2,1H3,(H,16,17)/t10-,11-,13-/m1/s1. The van der Waals surface area contributed by atoms with Crippen LogP contribution in [0.3, 0.4) is 0 Å². The van der Waals surface area contributed by atoms with Crippen molar-refractivity contribution in [3.8, 4) is 0 Å². The summed E-state index contributed by atoms with van der Waals surface area (Å²) in [5, 5.41) is 17.5. The minimum Gasteiger partial charge on any atom is -0.481 e. The van der Waals surface area contributed by atoms with Crippen molar-refractivity contribution in [2.24, 2.45) is 5.41 Å². The number of rotatable bonds is 5. The van der Waals surface area contributed by atoms with E-state index in [1.54, 1.807) is 0 Å². The van der Waals surface area contributed by atoms with E-state index in [9.17, 15) is 27.8 Å². The highest BCUT2D eigenvalue weighted by atomic mass is 32.2. The summed E-state index contributed by atoms with van der Waals surface area (Å²) in [6, 6.07) is 5.18. The number of carboxylic acid groups (broad SMARTS) is 1. The number of carbonyl (C=O) groups is 1. The Morgan fingerprint density at radius 1 is 1.45 bits per heavy atom. The molecule has 3 atom stereocenters. The summed E-state index contributed by atoms with van der Waals surface area (Å²) in [5.41, 5.74) is -1.49. The summed E-state index contributed by atoms with van der Waals surface area (Å²) >= 11 is 0. The molecule has 0 unspecified atom stereocenters. The Morgan fingerprint density at radius 3 is 2.55 bits per heavy atom. The molecule has 0 saturated heterocycles. The molecule has 0 bridgehead atoms. The number of sulfone groups is 1. The average molecular weight is 302 g/mol. The fourth-order valence-corrected chi connectivity index (χ4v) is 4.85. The van der Waals surface area contributed by atoms with Crippen molar-refractivity contribution < 1.29 is 27.8 Å². The number of aliphatic hydroxyl groups excluding tert-OH is 1. The third-order valence-corrected chi connectivity index (χ3v) is 6.18. The molecule has 1 aromatic carbocycles. The largest absolute Gasteiger partial charge is 0.481 e. The molecule has 110 valence electrons. The topological polar surface area (TPSA) is 91.7 Å². The van der Waals surface area contributed by atoms with Gasteiger partial charge in [-0.05, 0) is 17.7 Å². The Labute approximate surface area is 116 Å². The van der Waals surface area contributed by atoms with Gasteiger partial charge in [0.1, 0.15) is 11.2 Å². The summed E-state index contributed by atoms with van der Waals surface area (Å²) in [7, 11) is -3.66. The smallest absolute Gasteiger partial charge is 0.314 e. The molecule has 0 aromatic heterocycles. The van der Waals surface area contributed by atoms with Gasteiger partial charge in [-0.15, -0.1) is 0 Å². The number of aliphatic carboxylic acids is 1. The average Bonchev–Trinajstić information content (AvgIpc) is 3.10. The molecule has 0 heterocycles. The zero-order valence-corrected chi connectivity index (χ0v) is 11.6. The zero-order chi connectivity index (χ0) is 15.1. The Kier molecular flexibility index (Phi) is 3.60. The summed E-state index contributed by atoms with van der Waals surface area (Å²) in [6.45, 7) is 0.619. The number of hydrogen-bond acceptors (Lipinski definition) is 4. The van der Waals surface area contributed by atoms with E-state index in [0.29, 0.717) is 0 Å². The van der Waals surface area contributed by atoms with Crippen LogP contribution in [0.15, 0.2) is 24.3 Å². The lowest BCUT2D eigenvalue weighted by molar-refractivity contribution is -0.145. The van der Waals surface area contributed by atoms with E-state index in [4.69, 9.17) is 0 Å². The molecule has 0 aliphatic heterocycles. The van der Waals surface area contributed by atoms with Gasteiger partial charge >= 0.3 is 5.97 Å². The van der Waals surface area contributed by atoms with E-state index in [1.807, 2.05) is 0 Å². The van der Waals surface area contributed by atoms with Crippen molar-refractivity contribution in [1.29, 1.82) is 0 Å². The Hall–Kier alpha value is -1.47. The minimum atomic E-state index is -3.66. The maximum Gasteiger partial charge on any atom is 0.314 e. The van der Waals surface area contributed by atoms with Crippen molar-refractivity contribution in [3.63, 3.8) is 0 Å². The molecule has 1 saturated carbocycles. The molecule has 20 heavy (non-hydrogen) atoms. The Balaban J connectivity index is 2.54. The van der Waals surface area contributed by atoms with Gasteiger partial charge in [0, 0.05) is 11.7 Å². The lowest BCUT2D eigenvalue weighted by Gasteiger charge is -2.08. The first kappa shape index (κ1) is 14.9. The van der Waals surface area contributed by atoms with Crippen molar-refractivity contribution >= 4 is 15.8 Å². The maximum absolute atomic E-state index is 13.3. The molecular weight excluding hydrogens is 287 g/mol. The number of carboxylic acids is 1. The SMILES string of the molecule is CCS(=O)(=O)[C@@H]1[C@@H](c2cccc(F)c2)[C@@]1(CO)C(=O)O. The Morgan fingerprint density at radius 2 is 2.10 bits per heavy atom. The van der Waals surface area contributed by atoms with Crippen LogP contribution in [0.25, 0.3) is 0 Å². The zero-order valence-electron chi connectivity index (χ0n) is 10.8. The summed E-state index contributed by atoms with van der Waals surface area (Å²) < 4.78 is 37.3. The molecule has 1 aliphatic rings.